The molecule has 0 unspecified atom stereocenters. The summed E-state index contributed by atoms with van der Waals surface area (Å²) in [6.07, 6.45) is 2.19. The summed E-state index contributed by atoms with van der Waals surface area (Å²) in [5.41, 5.74) is 2.44. The summed E-state index contributed by atoms with van der Waals surface area (Å²) < 4.78 is 16.8. The first kappa shape index (κ1) is 17.8. The van der Waals surface area contributed by atoms with Crippen molar-refractivity contribution in [2.75, 3.05) is 40.0 Å². The fourth-order valence-corrected chi connectivity index (χ4v) is 3.06. The quantitative estimate of drug-likeness (QED) is 0.735. The smallest absolute Gasteiger partial charge is 0.161 e. The van der Waals surface area contributed by atoms with Crippen LogP contribution in [0.2, 0.25) is 0 Å². The average molecular weight is 341 g/mol. The number of nitrogens with zero attached hydrogens (tertiary/aromatic N) is 1. The fourth-order valence-electron chi connectivity index (χ4n) is 3.06. The molecular formula is C21H27NO3. The van der Waals surface area contributed by atoms with Crippen molar-refractivity contribution in [1.29, 1.82) is 0 Å². The number of morpholine rings is 1. The van der Waals surface area contributed by atoms with Crippen LogP contribution in [0.15, 0.2) is 48.5 Å². The second-order valence-electron chi connectivity index (χ2n) is 6.32. The number of hydrogen-bond acceptors (Lipinski definition) is 4. The molecule has 2 aromatic carbocycles. The molecule has 134 valence electrons. The molecule has 0 radical (unpaired) electrons. The third-order valence-corrected chi connectivity index (χ3v) is 4.51. The number of ether oxygens (including phenoxy) is 3. The van der Waals surface area contributed by atoms with Crippen molar-refractivity contribution >= 4 is 0 Å². The molecule has 25 heavy (non-hydrogen) atoms. The molecule has 3 rings (SSSR count). The molecule has 1 heterocycles. The summed E-state index contributed by atoms with van der Waals surface area (Å²) >= 11 is 0. The van der Waals surface area contributed by atoms with Crippen molar-refractivity contribution in [3.05, 3.63) is 59.7 Å². The number of methoxy groups -OCH3 is 1. The summed E-state index contributed by atoms with van der Waals surface area (Å²) in [4.78, 5) is 2.47. The first-order chi connectivity index (χ1) is 12.3. The molecule has 0 aliphatic carbocycles. The Balaban J connectivity index is 1.55. The van der Waals surface area contributed by atoms with Crippen LogP contribution in [0.4, 0.5) is 0 Å². The van der Waals surface area contributed by atoms with Crippen LogP contribution < -0.4 is 9.47 Å². The maximum Gasteiger partial charge on any atom is 0.161 e. The monoisotopic (exact) mass is 341 g/mol. The lowest BCUT2D eigenvalue weighted by molar-refractivity contribution is 0.0374. The lowest BCUT2D eigenvalue weighted by atomic mass is 10.1. The van der Waals surface area contributed by atoms with E-state index in [4.69, 9.17) is 14.2 Å². The van der Waals surface area contributed by atoms with E-state index in [1.165, 1.54) is 5.56 Å². The van der Waals surface area contributed by atoms with Crippen LogP contribution >= 0.6 is 0 Å². The first-order valence-electron chi connectivity index (χ1n) is 8.99. The number of benzene rings is 2. The molecule has 1 aliphatic rings. The number of rotatable bonds is 8. The van der Waals surface area contributed by atoms with E-state index in [9.17, 15) is 0 Å². The van der Waals surface area contributed by atoms with Gasteiger partial charge in [0.2, 0.25) is 0 Å². The Kier molecular flexibility index (Phi) is 6.71. The SMILES string of the molecule is COc1ccc(CCCN2CCOCC2)cc1OCc1ccccc1. The maximum absolute atomic E-state index is 6.00. The molecule has 0 bridgehead atoms. The topological polar surface area (TPSA) is 30.9 Å². The summed E-state index contributed by atoms with van der Waals surface area (Å²) in [7, 11) is 1.68. The van der Waals surface area contributed by atoms with Gasteiger partial charge >= 0.3 is 0 Å². The highest BCUT2D eigenvalue weighted by Gasteiger charge is 2.10. The van der Waals surface area contributed by atoms with Crippen LogP contribution in [0.3, 0.4) is 0 Å². The van der Waals surface area contributed by atoms with Gasteiger partial charge in [-0.1, -0.05) is 36.4 Å². The molecule has 1 fully saturated rings. The van der Waals surface area contributed by atoms with E-state index >= 15 is 0 Å². The minimum atomic E-state index is 0.550. The Morgan fingerprint density at radius 3 is 2.52 bits per heavy atom. The summed E-state index contributed by atoms with van der Waals surface area (Å²) in [6.45, 7) is 5.49. The van der Waals surface area contributed by atoms with E-state index in [2.05, 4.69) is 29.2 Å². The zero-order valence-corrected chi connectivity index (χ0v) is 14.9. The van der Waals surface area contributed by atoms with Crippen LogP contribution in [0.5, 0.6) is 11.5 Å². The van der Waals surface area contributed by atoms with Crippen molar-refractivity contribution in [1.82, 2.24) is 4.90 Å². The van der Waals surface area contributed by atoms with E-state index in [1.54, 1.807) is 7.11 Å². The molecule has 4 heteroatoms. The van der Waals surface area contributed by atoms with Gasteiger partial charge in [0, 0.05) is 13.1 Å². The lowest BCUT2D eigenvalue weighted by Gasteiger charge is -2.26. The Morgan fingerprint density at radius 2 is 1.76 bits per heavy atom. The Morgan fingerprint density at radius 1 is 0.960 bits per heavy atom. The molecule has 0 aromatic heterocycles. The van der Waals surface area contributed by atoms with Gasteiger partial charge in [0.25, 0.3) is 0 Å². The molecule has 0 atom stereocenters. The molecule has 2 aromatic rings. The van der Waals surface area contributed by atoms with Gasteiger partial charge in [0.05, 0.1) is 20.3 Å². The van der Waals surface area contributed by atoms with Crippen molar-refractivity contribution in [3.8, 4) is 11.5 Å². The molecule has 0 saturated carbocycles. The van der Waals surface area contributed by atoms with E-state index in [0.717, 1.165) is 62.8 Å². The highest BCUT2D eigenvalue weighted by Crippen LogP contribution is 2.29. The highest BCUT2D eigenvalue weighted by molar-refractivity contribution is 5.43. The summed E-state index contributed by atoms with van der Waals surface area (Å²) in [5, 5.41) is 0. The molecule has 0 amide bonds. The maximum atomic E-state index is 6.00. The Labute approximate surface area is 150 Å². The third-order valence-electron chi connectivity index (χ3n) is 4.51. The molecule has 0 N–H and O–H groups in total. The normalized spacial score (nSPS) is 15.1. The van der Waals surface area contributed by atoms with Gasteiger partial charge in [-0.05, 0) is 42.6 Å². The molecule has 0 spiro atoms. The van der Waals surface area contributed by atoms with Gasteiger partial charge in [-0.25, -0.2) is 0 Å². The van der Waals surface area contributed by atoms with Gasteiger partial charge in [-0.3, -0.25) is 4.90 Å². The minimum absolute atomic E-state index is 0.550. The van der Waals surface area contributed by atoms with Gasteiger partial charge in [0.15, 0.2) is 11.5 Å². The third kappa shape index (κ3) is 5.48. The van der Waals surface area contributed by atoms with Crippen LogP contribution in [-0.2, 0) is 17.8 Å². The molecule has 4 nitrogen and oxygen atoms in total. The lowest BCUT2D eigenvalue weighted by Crippen LogP contribution is -2.36. The van der Waals surface area contributed by atoms with Crippen LogP contribution in [0, 0.1) is 0 Å². The van der Waals surface area contributed by atoms with Crippen molar-refractivity contribution in [2.45, 2.75) is 19.4 Å². The zero-order chi connectivity index (χ0) is 17.3. The number of hydrogen-bond donors (Lipinski definition) is 0. The summed E-state index contributed by atoms with van der Waals surface area (Å²) in [5.74, 6) is 1.60. The van der Waals surface area contributed by atoms with Gasteiger partial charge in [-0.15, -0.1) is 0 Å². The minimum Gasteiger partial charge on any atom is -0.493 e. The van der Waals surface area contributed by atoms with E-state index in [1.807, 2.05) is 24.3 Å². The second kappa shape index (κ2) is 9.44. The number of aryl methyl sites for hydroxylation is 1. The summed E-state index contributed by atoms with van der Waals surface area (Å²) in [6, 6.07) is 16.4. The fraction of sp³-hybridized carbons (Fsp3) is 0.429. The highest BCUT2D eigenvalue weighted by atomic mass is 16.5. The van der Waals surface area contributed by atoms with Crippen LogP contribution in [0.25, 0.3) is 0 Å². The van der Waals surface area contributed by atoms with Crippen molar-refractivity contribution < 1.29 is 14.2 Å². The van der Waals surface area contributed by atoms with Crippen molar-refractivity contribution in [3.63, 3.8) is 0 Å². The largest absolute Gasteiger partial charge is 0.493 e. The van der Waals surface area contributed by atoms with E-state index in [0.29, 0.717) is 6.61 Å². The van der Waals surface area contributed by atoms with E-state index < -0.39 is 0 Å². The first-order valence-corrected chi connectivity index (χ1v) is 8.99. The predicted molar refractivity (Wildman–Crippen MR) is 99.3 cm³/mol. The average Bonchev–Trinajstić information content (AvgIpc) is 2.68. The van der Waals surface area contributed by atoms with Gasteiger partial charge in [0.1, 0.15) is 6.61 Å². The molecule has 1 saturated heterocycles. The second-order valence-corrected chi connectivity index (χ2v) is 6.32. The van der Waals surface area contributed by atoms with Crippen molar-refractivity contribution in [2.24, 2.45) is 0 Å². The molecule has 1 aliphatic heterocycles. The van der Waals surface area contributed by atoms with E-state index in [-0.39, 0.29) is 0 Å². The Hall–Kier alpha value is -2.04. The predicted octanol–water partition coefficient (Wildman–Crippen LogP) is 3.54. The van der Waals surface area contributed by atoms with Gasteiger partial charge in [-0.2, -0.15) is 0 Å². The molecular weight excluding hydrogens is 314 g/mol. The standard InChI is InChI=1S/C21H27NO3/c1-23-20-10-9-18(8-5-11-22-12-14-24-15-13-22)16-21(20)25-17-19-6-3-2-4-7-19/h2-4,6-7,9-10,16H,5,8,11-15,17H2,1H3. The zero-order valence-electron chi connectivity index (χ0n) is 14.9. The Bertz CT molecular complexity index is 639. The van der Waals surface area contributed by atoms with Gasteiger partial charge < -0.3 is 14.2 Å². The van der Waals surface area contributed by atoms with Crippen LogP contribution in [-0.4, -0.2) is 44.9 Å². The van der Waals surface area contributed by atoms with Crippen LogP contribution in [0.1, 0.15) is 17.5 Å².